The minimum absolute atomic E-state index is 0.0136. The predicted octanol–water partition coefficient (Wildman–Crippen LogP) is 4.20. The molecule has 0 N–H and O–H groups in total. The average Bonchev–Trinajstić information content (AvgIpc) is 2.99. The molecule has 3 aromatic rings. The summed E-state index contributed by atoms with van der Waals surface area (Å²) in [6, 6.07) is 18.8. The van der Waals surface area contributed by atoms with E-state index < -0.39 is 0 Å². The van der Waals surface area contributed by atoms with Gasteiger partial charge < -0.3 is 0 Å². The molecular formula is C20H16N4. The zero-order chi connectivity index (χ0) is 16.1. The molecule has 2 aromatic carbocycles. The first-order chi connectivity index (χ1) is 11.8. The molecule has 1 atom stereocenters. The number of fused-ring (bicyclic) bond motifs is 5. The zero-order valence-electron chi connectivity index (χ0n) is 13.1. The highest BCUT2D eigenvalue weighted by Crippen LogP contribution is 2.50. The van der Waals surface area contributed by atoms with Gasteiger partial charge in [0.15, 0.2) is 11.6 Å². The van der Waals surface area contributed by atoms with E-state index in [-0.39, 0.29) is 6.17 Å². The van der Waals surface area contributed by atoms with Gasteiger partial charge in [-0.15, -0.1) is 0 Å². The lowest BCUT2D eigenvalue weighted by atomic mass is 9.96. The van der Waals surface area contributed by atoms with Crippen LogP contribution in [0, 0.1) is 0 Å². The van der Waals surface area contributed by atoms with E-state index >= 15 is 0 Å². The van der Waals surface area contributed by atoms with Gasteiger partial charge in [0.05, 0.1) is 0 Å². The first kappa shape index (κ1) is 13.3. The number of benzene rings is 2. The fourth-order valence-corrected chi connectivity index (χ4v) is 3.70. The van der Waals surface area contributed by atoms with Crippen LogP contribution in [0.1, 0.15) is 5.56 Å². The Kier molecular flexibility index (Phi) is 2.73. The third-order valence-electron chi connectivity index (χ3n) is 4.67. The van der Waals surface area contributed by atoms with Crippen molar-refractivity contribution in [3.63, 3.8) is 0 Å². The van der Waals surface area contributed by atoms with Gasteiger partial charge in [-0.2, -0.15) is 0 Å². The normalized spacial score (nSPS) is 18.2. The standard InChI is InChI=1S/C20H16N4/c1-14-13-15-7-5-6-10-17(15)24-19-18(21-11-12-22-19)23(20(14)24)16-8-3-2-4-9-16/h2-12,20H,1,13H2. The number of rotatable bonds is 1. The lowest BCUT2D eigenvalue weighted by Gasteiger charge is -2.38. The lowest BCUT2D eigenvalue weighted by Crippen LogP contribution is -2.43. The van der Waals surface area contributed by atoms with Crippen LogP contribution in [0.2, 0.25) is 0 Å². The van der Waals surface area contributed by atoms with Gasteiger partial charge in [0.1, 0.15) is 6.17 Å². The van der Waals surface area contributed by atoms with Crippen molar-refractivity contribution in [1.29, 1.82) is 0 Å². The van der Waals surface area contributed by atoms with Crippen molar-refractivity contribution in [2.75, 3.05) is 9.80 Å². The van der Waals surface area contributed by atoms with E-state index in [2.05, 4.69) is 62.7 Å². The van der Waals surface area contributed by atoms with Crippen molar-refractivity contribution in [2.45, 2.75) is 12.6 Å². The van der Waals surface area contributed by atoms with Crippen LogP contribution in [0.15, 0.2) is 79.1 Å². The Bertz CT molecular complexity index is 935. The molecule has 0 aliphatic carbocycles. The molecule has 4 heteroatoms. The molecule has 116 valence electrons. The molecule has 4 nitrogen and oxygen atoms in total. The largest absolute Gasteiger partial charge is 0.298 e. The summed E-state index contributed by atoms with van der Waals surface area (Å²) in [7, 11) is 0. The Morgan fingerprint density at radius 2 is 1.50 bits per heavy atom. The summed E-state index contributed by atoms with van der Waals surface area (Å²) in [5, 5.41) is 0. The maximum atomic E-state index is 4.63. The average molecular weight is 312 g/mol. The van der Waals surface area contributed by atoms with E-state index in [1.54, 1.807) is 12.4 Å². The highest BCUT2D eigenvalue weighted by atomic mass is 15.5. The van der Waals surface area contributed by atoms with Crippen LogP contribution in [0.25, 0.3) is 0 Å². The van der Waals surface area contributed by atoms with E-state index in [1.165, 1.54) is 11.3 Å². The number of nitrogens with zero attached hydrogens (tertiary/aromatic N) is 4. The van der Waals surface area contributed by atoms with Crippen LogP contribution in [0.4, 0.5) is 23.0 Å². The van der Waals surface area contributed by atoms with E-state index in [9.17, 15) is 0 Å². The second-order valence-corrected chi connectivity index (χ2v) is 6.12. The third kappa shape index (κ3) is 1.74. The highest BCUT2D eigenvalue weighted by molar-refractivity contribution is 5.87. The second kappa shape index (κ2) is 4.93. The summed E-state index contributed by atoms with van der Waals surface area (Å²) in [5.41, 5.74) is 4.73. The molecule has 0 bridgehead atoms. The van der Waals surface area contributed by atoms with Gasteiger partial charge in [-0.05, 0) is 35.8 Å². The smallest absolute Gasteiger partial charge is 0.178 e. The van der Waals surface area contributed by atoms with Crippen LogP contribution in [-0.2, 0) is 6.42 Å². The van der Waals surface area contributed by atoms with Crippen molar-refractivity contribution < 1.29 is 0 Å². The Labute approximate surface area is 140 Å². The molecular weight excluding hydrogens is 296 g/mol. The Morgan fingerprint density at radius 3 is 2.29 bits per heavy atom. The van der Waals surface area contributed by atoms with E-state index in [0.717, 1.165) is 29.3 Å². The number of hydrogen-bond donors (Lipinski definition) is 0. The zero-order valence-corrected chi connectivity index (χ0v) is 13.1. The molecule has 24 heavy (non-hydrogen) atoms. The number of aromatic nitrogens is 2. The molecule has 2 aliphatic rings. The summed E-state index contributed by atoms with van der Waals surface area (Å²) >= 11 is 0. The minimum Gasteiger partial charge on any atom is -0.298 e. The summed E-state index contributed by atoms with van der Waals surface area (Å²) in [6.07, 6.45) is 4.39. The Morgan fingerprint density at radius 1 is 0.833 bits per heavy atom. The summed E-state index contributed by atoms with van der Waals surface area (Å²) in [5.74, 6) is 1.77. The Balaban J connectivity index is 1.77. The summed E-state index contributed by atoms with van der Waals surface area (Å²) in [6.45, 7) is 4.38. The first-order valence-corrected chi connectivity index (χ1v) is 8.05. The van der Waals surface area contributed by atoms with Crippen LogP contribution < -0.4 is 9.80 Å². The molecule has 0 saturated carbocycles. The van der Waals surface area contributed by atoms with Gasteiger partial charge in [-0.1, -0.05) is 43.0 Å². The van der Waals surface area contributed by atoms with Crippen molar-refractivity contribution in [3.8, 4) is 0 Å². The molecule has 3 heterocycles. The number of hydrogen-bond acceptors (Lipinski definition) is 4. The summed E-state index contributed by atoms with van der Waals surface area (Å²) in [4.78, 5) is 13.8. The second-order valence-electron chi connectivity index (χ2n) is 6.12. The quantitative estimate of drug-likeness (QED) is 0.630. The SMILES string of the molecule is C=C1Cc2ccccc2N2c3nccnc3N(c3ccccc3)C12. The van der Waals surface area contributed by atoms with Crippen molar-refractivity contribution in [3.05, 3.63) is 84.7 Å². The van der Waals surface area contributed by atoms with Crippen LogP contribution in [0.5, 0.6) is 0 Å². The maximum absolute atomic E-state index is 4.63. The molecule has 0 spiro atoms. The van der Waals surface area contributed by atoms with Crippen molar-refractivity contribution >= 4 is 23.0 Å². The topological polar surface area (TPSA) is 32.3 Å². The maximum Gasteiger partial charge on any atom is 0.178 e. The van der Waals surface area contributed by atoms with Gasteiger partial charge in [0, 0.05) is 23.8 Å². The lowest BCUT2D eigenvalue weighted by molar-refractivity contribution is 0.733. The van der Waals surface area contributed by atoms with Gasteiger partial charge in [-0.3, -0.25) is 9.80 Å². The van der Waals surface area contributed by atoms with Crippen molar-refractivity contribution in [1.82, 2.24) is 9.97 Å². The molecule has 0 amide bonds. The van der Waals surface area contributed by atoms with E-state index in [4.69, 9.17) is 0 Å². The van der Waals surface area contributed by atoms with Gasteiger partial charge in [0.25, 0.3) is 0 Å². The first-order valence-electron chi connectivity index (χ1n) is 8.05. The van der Waals surface area contributed by atoms with Gasteiger partial charge >= 0.3 is 0 Å². The van der Waals surface area contributed by atoms with Gasteiger partial charge in [0.2, 0.25) is 0 Å². The van der Waals surface area contributed by atoms with E-state index in [1.807, 2.05) is 18.2 Å². The fraction of sp³-hybridized carbons (Fsp3) is 0.100. The highest BCUT2D eigenvalue weighted by Gasteiger charge is 2.44. The number of anilines is 4. The third-order valence-corrected chi connectivity index (χ3v) is 4.67. The predicted molar refractivity (Wildman–Crippen MR) is 95.8 cm³/mol. The molecule has 2 aliphatic heterocycles. The summed E-state index contributed by atoms with van der Waals surface area (Å²) < 4.78 is 0. The molecule has 1 unspecified atom stereocenters. The fourth-order valence-electron chi connectivity index (χ4n) is 3.70. The van der Waals surface area contributed by atoms with Crippen molar-refractivity contribution in [2.24, 2.45) is 0 Å². The number of para-hydroxylation sites is 2. The molecule has 1 aromatic heterocycles. The van der Waals surface area contributed by atoms with Gasteiger partial charge in [-0.25, -0.2) is 9.97 Å². The molecule has 0 saturated heterocycles. The molecule has 5 rings (SSSR count). The van der Waals surface area contributed by atoms with Crippen LogP contribution in [-0.4, -0.2) is 16.1 Å². The van der Waals surface area contributed by atoms with Crippen LogP contribution in [0.3, 0.4) is 0 Å². The minimum atomic E-state index is 0.0136. The molecule has 0 radical (unpaired) electrons. The molecule has 0 fully saturated rings. The van der Waals surface area contributed by atoms with E-state index in [0.29, 0.717) is 0 Å². The monoisotopic (exact) mass is 312 g/mol. The van der Waals surface area contributed by atoms with Crippen LogP contribution >= 0.6 is 0 Å². The Hall–Kier alpha value is -3.14.